The molecule has 0 aromatic carbocycles. The smallest absolute Gasteiger partial charge is 0.160 e. The van der Waals surface area contributed by atoms with Crippen LogP contribution in [0.15, 0.2) is 0 Å². The molecule has 0 rings (SSSR count). The molecule has 0 amide bonds. The van der Waals surface area contributed by atoms with Gasteiger partial charge in [-0.1, -0.05) is 153 Å². The zero-order chi connectivity index (χ0) is 34.0. The van der Waals surface area contributed by atoms with Gasteiger partial charge >= 0.3 is 0 Å². The maximum atomic E-state index is 6.67. The summed E-state index contributed by atoms with van der Waals surface area (Å²) in [6.07, 6.45) is 21.7. The molecule has 0 fully saturated rings. The van der Waals surface area contributed by atoms with Gasteiger partial charge in [0, 0.05) is 21.1 Å². The van der Waals surface area contributed by atoms with E-state index in [1.54, 1.807) is 0 Å². The summed E-state index contributed by atoms with van der Waals surface area (Å²) in [5.74, 6) is 4.76. The molecule has 10 atom stereocenters. The Morgan fingerprint density at radius 3 is 1.07 bits per heavy atom. The Labute approximate surface area is 311 Å². The Kier molecular flexibility index (Phi) is 31.1. The zero-order valence-corrected chi connectivity index (χ0v) is 36.2. The van der Waals surface area contributed by atoms with E-state index in [-0.39, 0.29) is 12.6 Å². The lowest BCUT2D eigenvalue weighted by Gasteiger charge is -2.27. The summed E-state index contributed by atoms with van der Waals surface area (Å²) in [5, 5.41) is 0. The number of hydrogen-bond acceptors (Lipinski definition) is 3. The van der Waals surface area contributed by atoms with E-state index in [9.17, 15) is 0 Å². The lowest BCUT2D eigenvalue weighted by molar-refractivity contribution is -0.250. The van der Waals surface area contributed by atoms with Crippen LogP contribution in [0.1, 0.15) is 185 Å². The van der Waals surface area contributed by atoms with Gasteiger partial charge in [-0.25, -0.2) is 0 Å². The molecular formula is C40H80I2O3. The first-order valence-corrected chi connectivity index (χ1v) is 22.0. The fourth-order valence-electron chi connectivity index (χ4n) is 7.43. The highest BCUT2D eigenvalue weighted by atomic mass is 127. The standard InChI is InChI=1S/C40H80I2O3/c1-11-13-15-23-43-39(21-17-19-31(3)25-33(5)27-35(7)29-37(9)41)45-40(44-24-16-14-12-2)22-18-20-32(4)26-34(6)28-36(8)30-38(10)42/h31-40H,11-30H2,1-10H3. The van der Waals surface area contributed by atoms with Crippen LogP contribution in [0.5, 0.6) is 0 Å². The average Bonchev–Trinajstić information content (AvgIpc) is 2.91. The van der Waals surface area contributed by atoms with Crippen molar-refractivity contribution < 1.29 is 14.2 Å². The number of ether oxygens (including phenoxy) is 3. The third kappa shape index (κ3) is 29.9. The van der Waals surface area contributed by atoms with Crippen molar-refractivity contribution >= 4 is 45.2 Å². The molecule has 0 aromatic rings. The van der Waals surface area contributed by atoms with Crippen LogP contribution in [0, 0.1) is 35.5 Å². The van der Waals surface area contributed by atoms with Gasteiger partial charge in [-0.15, -0.1) is 0 Å². The maximum Gasteiger partial charge on any atom is 0.160 e. The van der Waals surface area contributed by atoms with Gasteiger partial charge in [0.05, 0.1) is 0 Å². The molecule has 0 aliphatic rings. The van der Waals surface area contributed by atoms with Crippen LogP contribution >= 0.6 is 45.2 Å². The van der Waals surface area contributed by atoms with Crippen molar-refractivity contribution in [2.24, 2.45) is 35.5 Å². The van der Waals surface area contributed by atoms with Gasteiger partial charge in [0.25, 0.3) is 0 Å². The molecule has 0 N–H and O–H groups in total. The molecule has 45 heavy (non-hydrogen) atoms. The lowest BCUT2D eigenvalue weighted by Crippen LogP contribution is -2.28. The van der Waals surface area contributed by atoms with Crippen molar-refractivity contribution in [3.63, 3.8) is 0 Å². The Hall–Kier alpha value is 1.34. The minimum Gasteiger partial charge on any atom is -0.353 e. The van der Waals surface area contributed by atoms with Gasteiger partial charge in [-0.3, -0.25) is 0 Å². The predicted molar refractivity (Wildman–Crippen MR) is 217 cm³/mol. The summed E-state index contributed by atoms with van der Waals surface area (Å²) in [6, 6.07) is 0. The molecule has 0 aromatic heterocycles. The second-order valence-corrected chi connectivity index (χ2v) is 19.9. The van der Waals surface area contributed by atoms with E-state index in [2.05, 4.69) is 114 Å². The Bertz CT molecular complexity index is 579. The number of rotatable bonds is 32. The summed E-state index contributed by atoms with van der Waals surface area (Å²) >= 11 is 5.15. The van der Waals surface area contributed by atoms with Crippen molar-refractivity contribution in [1.82, 2.24) is 0 Å². The van der Waals surface area contributed by atoms with E-state index in [0.717, 1.165) is 82.3 Å². The summed E-state index contributed by atoms with van der Waals surface area (Å²) in [6.45, 7) is 25.5. The van der Waals surface area contributed by atoms with E-state index in [4.69, 9.17) is 14.2 Å². The first kappa shape index (κ1) is 46.3. The van der Waals surface area contributed by atoms with Crippen LogP contribution < -0.4 is 0 Å². The fourth-order valence-corrected chi connectivity index (χ4v) is 9.16. The fraction of sp³-hybridized carbons (Fsp3) is 1.00. The van der Waals surface area contributed by atoms with E-state index in [1.807, 2.05) is 0 Å². The van der Waals surface area contributed by atoms with Crippen LogP contribution in [0.2, 0.25) is 0 Å². The second kappa shape index (κ2) is 30.2. The van der Waals surface area contributed by atoms with E-state index in [1.165, 1.54) is 89.9 Å². The zero-order valence-electron chi connectivity index (χ0n) is 31.9. The third-order valence-electron chi connectivity index (χ3n) is 9.35. The number of halogens is 2. The summed E-state index contributed by atoms with van der Waals surface area (Å²) in [4.78, 5) is 0. The second-order valence-electron chi connectivity index (χ2n) is 15.6. The highest BCUT2D eigenvalue weighted by molar-refractivity contribution is 14.1. The van der Waals surface area contributed by atoms with Crippen LogP contribution in [-0.2, 0) is 14.2 Å². The largest absolute Gasteiger partial charge is 0.353 e. The Balaban J connectivity index is 4.96. The van der Waals surface area contributed by atoms with Gasteiger partial charge in [0.2, 0.25) is 0 Å². The molecule has 272 valence electrons. The van der Waals surface area contributed by atoms with E-state index < -0.39 is 0 Å². The quantitative estimate of drug-likeness (QED) is 0.0292. The van der Waals surface area contributed by atoms with Gasteiger partial charge < -0.3 is 14.2 Å². The van der Waals surface area contributed by atoms with Crippen LogP contribution in [0.3, 0.4) is 0 Å². The molecule has 0 saturated heterocycles. The number of alkyl halides is 2. The van der Waals surface area contributed by atoms with Gasteiger partial charge in [0.1, 0.15) is 0 Å². The molecule has 5 heteroatoms. The molecular weight excluding hydrogens is 782 g/mol. The Morgan fingerprint density at radius 1 is 0.400 bits per heavy atom. The maximum absolute atomic E-state index is 6.67. The SMILES string of the molecule is CCCCCOC(CCCC(C)CC(C)CC(C)CC(C)I)OC(CCCC(C)CC(C)CC(C)CC(C)I)OCCCCC. The minimum absolute atomic E-state index is 0.146. The van der Waals surface area contributed by atoms with Crippen molar-refractivity contribution in [3.8, 4) is 0 Å². The molecule has 0 spiro atoms. The lowest BCUT2D eigenvalue weighted by atomic mass is 9.86. The molecule has 10 unspecified atom stereocenters. The highest BCUT2D eigenvalue weighted by Gasteiger charge is 2.21. The summed E-state index contributed by atoms with van der Waals surface area (Å²) < 4.78 is 21.0. The van der Waals surface area contributed by atoms with Gasteiger partial charge in [-0.2, -0.15) is 0 Å². The molecule has 0 aliphatic carbocycles. The van der Waals surface area contributed by atoms with Crippen molar-refractivity contribution in [2.45, 2.75) is 205 Å². The molecule has 0 radical (unpaired) electrons. The summed E-state index contributed by atoms with van der Waals surface area (Å²) in [7, 11) is 0. The van der Waals surface area contributed by atoms with E-state index in [0.29, 0.717) is 0 Å². The summed E-state index contributed by atoms with van der Waals surface area (Å²) in [5.41, 5.74) is 0. The molecule has 0 heterocycles. The monoisotopic (exact) mass is 862 g/mol. The molecule has 0 saturated carbocycles. The van der Waals surface area contributed by atoms with Crippen LogP contribution in [-0.4, -0.2) is 33.6 Å². The first-order chi connectivity index (χ1) is 21.4. The topological polar surface area (TPSA) is 27.7 Å². The van der Waals surface area contributed by atoms with Crippen molar-refractivity contribution in [1.29, 1.82) is 0 Å². The van der Waals surface area contributed by atoms with Gasteiger partial charge in [-0.05, 0) is 113 Å². The molecule has 3 nitrogen and oxygen atoms in total. The molecule has 0 bridgehead atoms. The molecule has 0 aliphatic heterocycles. The van der Waals surface area contributed by atoms with Crippen LogP contribution in [0.25, 0.3) is 0 Å². The normalized spacial score (nSPS) is 18.9. The van der Waals surface area contributed by atoms with Gasteiger partial charge in [0.15, 0.2) is 12.6 Å². The Morgan fingerprint density at radius 2 is 0.733 bits per heavy atom. The van der Waals surface area contributed by atoms with Crippen molar-refractivity contribution in [3.05, 3.63) is 0 Å². The third-order valence-corrected chi connectivity index (χ3v) is 10.4. The highest BCUT2D eigenvalue weighted by Crippen LogP contribution is 2.28. The minimum atomic E-state index is -0.146. The average molecular weight is 863 g/mol. The van der Waals surface area contributed by atoms with Crippen LogP contribution in [0.4, 0.5) is 0 Å². The van der Waals surface area contributed by atoms with Crippen molar-refractivity contribution in [2.75, 3.05) is 13.2 Å². The first-order valence-electron chi connectivity index (χ1n) is 19.5. The predicted octanol–water partition coefficient (Wildman–Crippen LogP) is 14.2. The number of unbranched alkanes of at least 4 members (excludes halogenated alkanes) is 4. The number of hydrogen-bond donors (Lipinski definition) is 0. The van der Waals surface area contributed by atoms with E-state index >= 15 is 0 Å².